The molecule has 0 aliphatic heterocycles. The van der Waals surface area contributed by atoms with Gasteiger partial charge in [-0.15, -0.1) is 0 Å². The van der Waals surface area contributed by atoms with Gasteiger partial charge in [0.25, 0.3) is 0 Å². The van der Waals surface area contributed by atoms with Gasteiger partial charge in [0.15, 0.2) is 0 Å². The lowest BCUT2D eigenvalue weighted by atomic mass is 10.2. The summed E-state index contributed by atoms with van der Waals surface area (Å²) in [7, 11) is 0. The van der Waals surface area contributed by atoms with Gasteiger partial charge in [-0.2, -0.15) is 0 Å². The molecule has 0 N–H and O–H groups in total. The lowest BCUT2D eigenvalue weighted by Crippen LogP contribution is -1.95. The molecule has 1 heterocycles. The smallest absolute Gasteiger partial charge is 0.337 e. The number of benzene rings is 1. The van der Waals surface area contributed by atoms with Crippen LogP contribution in [0, 0.1) is 6.92 Å². The van der Waals surface area contributed by atoms with E-state index in [1.807, 2.05) is 19.1 Å². The van der Waals surface area contributed by atoms with Crippen molar-refractivity contribution in [1.82, 2.24) is 0 Å². The first kappa shape index (κ1) is 8.32. The molecule has 2 aromatic rings. The van der Waals surface area contributed by atoms with E-state index in [4.69, 9.17) is 16.0 Å². The van der Waals surface area contributed by atoms with E-state index in [-0.39, 0.29) is 0 Å². The second-order valence-corrected chi connectivity index (χ2v) is 3.32. The predicted octanol–water partition coefficient (Wildman–Crippen LogP) is 2.75. The summed E-state index contributed by atoms with van der Waals surface area (Å²) < 4.78 is 4.96. The number of halogens is 1. The zero-order valence-corrected chi connectivity index (χ0v) is 7.76. The molecule has 13 heavy (non-hydrogen) atoms. The summed E-state index contributed by atoms with van der Waals surface area (Å²) in [6.45, 7) is 1.96. The molecule has 0 amide bonds. The predicted molar refractivity (Wildman–Crippen MR) is 52.2 cm³/mol. The lowest BCUT2D eigenvalue weighted by Gasteiger charge is -1.98. The van der Waals surface area contributed by atoms with E-state index < -0.39 is 5.63 Å². The Hall–Kier alpha value is -1.28. The van der Waals surface area contributed by atoms with Crippen molar-refractivity contribution in [2.75, 3.05) is 0 Å². The second-order valence-electron chi connectivity index (χ2n) is 2.91. The number of fused-ring (bicyclic) bond motifs is 1. The fourth-order valence-corrected chi connectivity index (χ4v) is 1.48. The molecule has 3 heteroatoms. The maximum atomic E-state index is 10.9. The van der Waals surface area contributed by atoms with Crippen molar-refractivity contribution >= 4 is 22.6 Å². The van der Waals surface area contributed by atoms with Crippen LogP contribution < -0.4 is 5.63 Å². The Bertz CT molecular complexity index is 514. The molecule has 1 aromatic heterocycles. The van der Waals surface area contributed by atoms with Crippen molar-refractivity contribution < 1.29 is 4.42 Å². The quantitative estimate of drug-likeness (QED) is 0.604. The second kappa shape index (κ2) is 2.89. The van der Waals surface area contributed by atoms with E-state index in [0.29, 0.717) is 10.6 Å². The largest absolute Gasteiger partial charge is 0.423 e. The SMILES string of the molecule is Cc1ccc2oc(=O)cc(Cl)c2c1. The fraction of sp³-hybridized carbons (Fsp3) is 0.100. The van der Waals surface area contributed by atoms with E-state index >= 15 is 0 Å². The molecule has 0 aliphatic rings. The molecule has 1 aromatic carbocycles. The Labute approximate surface area is 79.7 Å². The van der Waals surface area contributed by atoms with Gasteiger partial charge in [0.2, 0.25) is 0 Å². The minimum absolute atomic E-state index is 0.415. The van der Waals surface area contributed by atoms with Crippen molar-refractivity contribution in [3.8, 4) is 0 Å². The summed E-state index contributed by atoms with van der Waals surface area (Å²) in [5.41, 5.74) is 1.20. The Balaban J connectivity index is 2.95. The highest BCUT2D eigenvalue weighted by Crippen LogP contribution is 2.21. The van der Waals surface area contributed by atoms with Crippen LogP contribution in [0.5, 0.6) is 0 Å². The average molecular weight is 195 g/mol. The monoisotopic (exact) mass is 194 g/mol. The maximum Gasteiger partial charge on any atom is 0.337 e. The molecule has 0 fully saturated rings. The van der Waals surface area contributed by atoms with Gasteiger partial charge in [0, 0.05) is 11.5 Å². The van der Waals surface area contributed by atoms with Crippen molar-refractivity contribution in [2.24, 2.45) is 0 Å². The fourth-order valence-electron chi connectivity index (χ4n) is 1.24. The van der Waals surface area contributed by atoms with Crippen molar-refractivity contribution in [3.05, 3.63) is 45.3 Å². The zero-order chi connectivity index (χ0) is 9.42. The number of hydrogen-bond acceptors (Lipinski definition) is 2. The molecule has 0 aliphatic carbocycles. The third-order valence-corrected chi connectivity index (χ3v) is 2.16. The van der Waals surface area contributed by atoms with Gasteiger partial charge < -0.3 is 4.42 Å². The van der Waals surface area contributed by atoms with Crippen LogP contribution in [0.3, 0.4) is 0 Å². The first-order chi connectivity index (χ1) is 6.16. The van der Waals surface area contributed by atoms with Crippen LogP contribution in [0.15, 0.2) is 33.5 Å². The van der Waals surface area contributed by atoms with Crippen LogP contribution in [0.2, 0.25) is 5.02 Å². The molecular formula is C10H7ClO2. The lowest BCUT2D eigenvalue weighted by molar-refractivity contribution is 0.561. The Morgan fingerprint density at radius 3 is 2.85 bits per heavy atom. The van der Waals surface area contributed by atoms with Gasteiger partial charge in [-0.1, -0.05) is 23.2 Å². The molecule has 2 nitrogen and oxygen atoms in total. The van der Waals surface area contributed by atoms with Crippen LogP contribution >= 0.6 is 11.6 Å². The van der Waals surface area contributed by atoms with E-state index in [1.165, 1.54) is 6.07 Å². The highest BCUT2D eigenvalue weighted by Gasteiger charge is 2.02. The normalized spacial score (nSPS) is 10.6. The molecule has 0 bridgehead atoms. The summed E-state index contributed by atoms with van der Waals surface area (Å²) in [6.07, 6.45) is 0. The average Bonchev–Trinajstić information content (AvgIpc) is 2.06. The summed E-state index contributed by atoms with van der Waals surface area (Å²) in [5, 5.41) is 1.22. The van der Waals surface area contributed by atoms with E-state index in [2.05, 4.69) is 0 Å². The van der Waals surface area contributed by atoms with E-state index in [9.17, 15) is 4.79 Å². The van der Waals surface area contributed by atoms with Gasteiger partial charge in [-0.05, 0) is 19.1 Å². The van der Waals surface area contributed by atoms with Crippen molar-refractivity contribution in [3.63, 3.8) is 0 Å². The molecule has 0 unspecified atom stereocenters. The molecular weight excluding hydrogens is 188 g/mol. The first-order valence-corrected chi connectivity index (χ1v) is 4.24. The number of rotatable bonds is 0. The molecule has 0 saturated carbocycles. The molecule has 2 rings (SSSR count). The van der Waals surface area contributed by atoms with Crippen LogP contribution in [0.4, 0.5) is 0 Å². The molecule has 0 saturated heterocycles. The highest BCUT2D eigenvalue weighted by molar-refractivity contribution is 6.35. The minimum Gasteiger partial charge on any atom is -0.423 e. The van der Waals surface area contributed by atoms with Gasteiger partial charge in [-0.3, -0.25) is 0 Å². The summed E-state index contributed by atoms with van der Waals surface area (Å²) in [4.78, 5) is 10.9. The van der Waals surface area contributed by atoms with Crippen molar-refractivity contribution in [2.45, 2.75) is 6.92 Å². The zero-order valence-electron chi connectivity index (χ0n) is 7.00. The third kappa shape index (κ3) is 1.45. The topological polar surface area (TPSA) is 30.2 Å². The summed E-state index contributed by atoms with van der Waals surface area (Å²) >= 11 is 5.87. The first-order valence-electron chi connectivity index (χ1n) is 3.87. The number of aryl methyl sites for hydroxylation is 1. The van der Waals surface area contributed by atoms with Gasteiger partial charge in [0.05, 0.1) is 5.02 Å². The Morgan fingerprint density at radius 1 is 1.31 bits per heavy atom. The molecule has 0 radical (unpaired) electrons. The molecule has 66 valence electrons. The van der Waals surface area contributed by atoms with Gasteiger partial charge in [0.1, 0.15) is 5.58 Å². The summed E-state index contributed by atoms with van der Waals surface area (Å²) in [5.74, 6) is 0. The highest BCUT2D eigenvalue weighted by atomic mass is 35.5. The Morgan fingerprint density at radius 2 is 2.08 bits per heavy atom. The van der Waals surface area contributed by atoms with E-state index in [0.717, 1.165) is 10.9 Å². The van der Waals surface area contributed by atoms with Crippen LogP contribution in [0.25, 0.3) is 11.0 Å². The van der Waals surface area contributed by atoms with Crippen molar-refractivity contribution in [1.29, 1.82) is 0 Å². The van der Waals surface area contributed by atoms with E-state index in [1.54, 1.807) is 6.07 Å². The van der Waals surface area contributed by atoms with Crippen LogP contribution in [-0.2, 0) is 0 Å². The molecule has 0 atom stereocenters. The third-order valence-electron chi connectivity index (χ3n) is 1.85. The number of hydrogen-bond donors (Lipinski definition) is 0. The Kier molecular flexibility index (Phi) is 1.85. The summed E-state index contributed by atoms with van der Waals surface area (Å²) in [6, 6.07) is 6.80. The standard InChI is InChI=1S/C10H7ClO2/c1-6-2-3-9-7(4-6)8(11)5-10(12)13-9/h2-5H,1H3. The van der Waals surface area contributed by atoms with Crippen LogP contribution in [0.1, 0.15) is 5.56 Å². The molecule has 0 spiro atoms. The maximum absolute atomic E-state index is 10.9. The van der Waals surface area contributed by atoms with Gasteiger partial charge in [-0.25, -0.2) is 4.79 Å². The van der Waals surface area contributed by atoms with Crippen LogP contribution in [-0.4, -0.2) is 0 Å². The van der Waals surface area contributed by atoms with Gasteiger partial charge >= 0.3 is 5.63 Å². The minimum atomic E-state index is -0.415.